The zero-order chi connectivity index (χ0) is 18.5. The maximum atomic E-state index is 12.5. The summed E-state index contributed by atoms with van der Waals surface area (Å²) in [6, 6.07) is 7.91. The Labute approximate surface area is 161 Å². The predicted octanol–water partition coefficient (Wildman–Crippen LogP) is 2.47. The van der Waals surface area contributed by atoms with E-state index in [4.69, 9.17) is 4.52 Å². The minimum absolute atomic E-state index is 0.141. The van der Waals surface area contributed by atoms with Crippen LogP contribution in [0.15, 0.2) is 45.7 Å². The number of thiophene rings is 1. The van der Waals surface area contributed by atoms with Crippen LogP contribution in [0.2, 0.25) is 0 Å². The molecule has 0 atom stereocenters. The summed E-state index contributed by atoms with van der Waals surface area (Å²) in [7, 11) is 0. The normalized spacial score (nSPS) is 15.2. The molecule has 1 fully saturated rings. The largest absolute Gasteiger partial charge is 0.340 e. The molecular formula is C19H21N5O2S. The highest BCUT2D eigenvalue weighted by atomic mass is 32.1. The van der Waals surface area contributed by atoms with Crippen LogP contribution in [0.1, 0.15) is 18.0 Å². The van der Waals surface area contributed by atoms with E-state index in [0.717, 1.165) is 44.0 Å². The van der Waals surface area contributed by atoms with Crippen molar-refractivity contribution in [2.75, 3.05) is 26.2 Å². The van der Waals surface area contributed by atoms with Gasteiger partial charge < -0.3 is 9.42 Å². The van der Waals surface area contributed by atoms with E-state index in [-0.39, 0.29) is 5.91 Å². The minimum atomic E-state index is 0.141. The average Bonchev–Trinajstić information content (AvgIpc) is 3.39. The minimum Gasteiger partial charge on any atom is -0.340 e. The van der Waals surface area contributed by atoms with Crippen LogP contribution in [0, 0.1) is 0 Å². The highest BCUT2D eigenvalue weighted by molar-refractivity contribution is 7.08. The van der Waals surface area contributed by atoms with Gasteiger partial charge >= 0.3 is 0 Å². The first-order chi connectivity index (χ1) is 13.3. The number of rotatable bonds is 6. The van der Waals surface area contributed by atoms with Crippen molar-refractivity contribution in [1.82, 2.24) is 24.9 Å². The van der Waals surface area contributed by atoms with E-state index in [1.165, 1.54) is 0 Å². The average molecular weight is 383 g/mol. The summed E-state index contributed by atoms with van der Waals surface area (Å²) in [6.07, 6.45) is 2.69. The number of nitrogens with zero attached hydrogens (tertiary/aromatic N) is 5. The summed E-state index contributed by atoms with van der Waals surface area (Å²) in [5.74, 6) is 1.24. The molecule has 27 heavy (non-hydrogen) atoms. The quantitative estimate of drug-likeness (QED) is 0.651. The van der Waals surface area contributed by atoms with E-state index in [0.29, 0.717) is 24.6 Å². The number of carbonyl (C=O) groups is 1. The standard InChI is InChI=1S/C19H21N5O2S/c25-18(5-4-17-21-19(22-26-17)15-6-12-27-14-15)24-10-8-23(9-11-24)13-16-3-1-2-7-20-16/h1-3,6-7,12,14H,4-5,8-11,13H2. The Morgan fingerprint density at radius 3 is 2.81 bits per heavy atom. The Hall–Kier alpha value is -2.58. The lowest BCUT2D eigenvalue weighted by Crippen LogP contribution is -2.48. The molecule has 0 aliphatic carbocycles. The molecule has 140 valence electrons. The van der Waals surface area contributed by atoms with E-state index in [1.807, 2.05) is 46.1 Å². The first-order valence-electron chi connectivity index (χ1n) is 9.03. The van der Waals surface area contributed by atoms with Crippen molar-refractivity contribution in [3.63, 3.8) is 0 Å². The first kappa shape index (κ1) is 17.8. The molecule has 0 radical (unpaired) electrons. The van der Waals surface area contributed by atoms with Gasteiger partial charge in [0.25, 0.3) is 0 Å². The van der Waals surface area contributed by atoms with Gasteiger partial charge in [-0.25, -0.2) is 0 Å². The van der Waals surface area contributed by atoms with Gasteiger partial charge in [-0.2, -0.15) is 16.3 Å². The Kier molecular flexibility index (Phi) is 5.55. The maximum absolute atomic E-state index is 12.5. The molecule has 1 aliphatic heterocycles. The molecule has 0 unspecified atom stereocenters. The monoisotopic (exact) mass is 383 g/mol. The van der Waals surface area contributed by atoms with Crippen LogP contribution in [0.25, 0.3) is 11.4 Å². The van der Waals surface area contributed by atoms with E-state index in [9.17, 15) is 4.79 Å². The molecule has 4 heterocycles. The highest BCUT2D eigenvalue weighted by Crippen LogP contribution is 2.19. The molecule has 0 spiro atoms. The van der Waals surface area contributed by atoms with Gasteiger partial charge in [-0.05, 0) is 23.6 Å². The molecule has 0 N–H and O–H groups in total. The number of pyridine rings is 1. The highest BCUT2D eigenvalue weighted by Gasteiger charge is 2.22. The third-order valence-corrected chi connectivity index (χ3v) is 5.32. The topological polar surface area (TPSA) is 75.4 Å². The van der Waals surface area contributed by atoms with Crippen molar-refractivity contribution in [2.45, 2.75) is 19.4 Å². The number of carbonyl (C=O) groups excluding carboxylic acids is 1. The van der Waals surface area contributed by atoms with Gasteiger partial charge in [0.2, 0.25) is 17.6 Å². The molecule has 0 bridgehead atoms. The zero-order valence-corrected chi connectivity index (χ0v) is 15.8. The van der Waals surface area contributed by atoms with Crippen LogP contribution in [0.5, 0.6) is 0 Å². The van der Waals surface area contributed by atoms with Crippen LogP contribution in [0.3, 0.4) is 0 Å². The Morgan fingerprint density at radius 1 is 1.19 bits per heavy atom. The lowest BCUT2D eigenvalue weighted by molar-refractivity contribution is -0.133. The molecule has 4 rings (SSSR count). The van der Waals surface area contributed by atoms with Gasteiger partial charge in [0.05, 0.1) is 5.69 Å². The summed E-state index contributed by atoms with van der Waals surface area (Å²) in [5, 5.41) is 7.93. The Balaban J connectivity index is 1.23. The molecule has 0 aromatic carbocycles. The molecule has 1 amide bonds. The summed E-state index contributed by atoms with van der Waals surface area (Å²) >= 11 is 1.59. The number of aromatic nitrogens is 3. The van der Waals surface area contributed by atoms with Crippen molar-refractivity contribution < 1.29 is 9.32 Å². The fourth-order valence-corrected chi connectivity index (χ4v) is 3.75. The number of hydrogen-bond donors (Lipinski definition) is 0. The lowest BCUT2D eigenvalue weighted by Gasteiger charge is -2.34. The van der Waals surface area contributed by atoms with Crippen molar-refractivity contribution >= 4 is 17.2 Å². The van der Waals surface area contributed by atoms with Gasteiger partial charge in [0.15, 0.2) is 0 Å². The molecule has 8 heteroatoms. The van der Waals surface area contributed by atoms with E-state index in [1.54, 1.807) is 11.3 Å². The second kappa shape index (κ2) is 8.41. The number of amides is 1. The third-order valence-electron chi connectivity index (χ3n) is 4.64. The first-order valence-corrected chi connectivity index (χ1v) is 9.97. The van der Waals surface area contributed by atoms with Crippen molar-refractivity contribution in [3.8, 4) is 11.4 Å². The predicted molar refractivity (Wildman–Crippen MR) is 102 cm³/mol. The van der Waals surface area contributed by atoms with E-state index < -0.39 is 0 Å². The van der Waals surface area contributed by atoms with Gasteiger partial charge in [-0.15, -0.1) is 0 Å². The Morgan fingerprint density at radius 2 is 2.07 bits per heavy atom. The van der Waals surface area contributed by atoms with Gasteiger partial charge in [-0.1, -0.05) is 11.2 Å². The van der Waals surface area contributed by atoms with Gasteiger partial charge in [0.1, 0.15) is 0 Å². The molecule has 1 aliphatic rings. The lowest BCUT2D eigenvalue weighted by atomic mass is 10.2. The van der Waals surface area contributed by atoms with Crippen LogP contribution in [-0.2, 0) is 17.8 Å². The molecular weight excluding hydrogens is 362 g/mol. The molecule has 3 aromatic heterocycles. The molecule has 3 aromatic rings. The van der Waals surface area contributed by atoms with Crippen molar-refractivity contribution in [3.05, 3.63) is 52.8 Å². The zero-order valence-electron chi connectivity index (χ0n) is 15.0. The maximum Gasteiger partial charge on any atom is 0.227 e. The number of piperazine rings is 1. The van der Waals surface area contributed by atoms with Crippen molar-refractivity contribution in [1.29, 1.82) is 0 Å². The second-order valence-corrected chi connectivity index (χ2v) is 7.28. The van der Waals surface area contributed by atoms with Crippen LogP contribution >= 0.6 is 11.3 Å². The smallest absolute Gasteiger partial charge is 0.227 e. The van der Waals surface area contributed by atoms with Crippen LogP contribution < -0.4 is 0 Å². The fourth-order valence-electron chi connectivity index (χ4n) is 3.11. The molecule has 1 saturated heterocycles. The van der Waals surface area contributed by atoms with E-state index in [2.05, 4.69) is 20.0 Å². The second-order valence-electron chi connectivity index (χ2n) is 6.50. The number of hydrogen-bond acceptors (Lipinski definition) is 7. The summed E-state index contributed by atoms with van der Waals surface area (Å²) in [6.45, 7) is 4.05. The summed E-state index contributed by atoms with van der Waals surface area (Å²) < 4.78 is 5.27. The van der Waals surface area contributed by atoms with Crippen molar-refractivity contribution in [2.24, 2.45) is 0 Å². The summed E-state index contributed by atoms with van der Waals surface area (Å²) in [5.41, 5.74) is 2.01. The number of aryl methyl sites for hydroxylation is 1. The van der Waals surface area contributed by atoms with Gasteiger partial charge in [0, 0.05) is 62.7 Å². The van der Waals surface area contributed by atoms with E-state index >= 15 is 0 Å². The van der Waals surface area contributed by atoms with Gasteiger partial charge in [-0.3, -0.25) is 14.7 Å². The summed E-state index contributed by atoms with van der Waals surface area (Å²) in [4.78, 5) is 25.5. The Bertz CT molecular complexity index is 857. The van der Waals surface area contributed by atoms with Crippen LogP contribution in [0.4, 0.5) is 0 Å². The SMILES string of the molecule is O=C(CCc1nc(-c2ccsc2)no1)N1CCN(Cc2ccccn2)CC1. The third kappa shape index (κ3) is 4.58. The van der Waals surface area contributed by atoms with Crippen LogP contribution in [-0.4, -0.2) is 57.0 Å². The molecule has 0 saturated carbocycles. The molecule has 7 nitrogen and oxygen atoms in total. The fraction of sp³-hybridized carbons (Fsp3) is 0.368.